The van der Waals surface area contributed by atoms with Crippen LogP contribution in [0.3, 0.4) is 0 Å². The van der Waals surface area contributed by atoms with Gasteiger partial charge in [0.1, 0.15) is 0 Å². The van der Waals surface area contributed by atoms with Crippen LogP contribution < -0.4 is 0 Å². The molecular formula is C21H42Cl6O13P4. The second-order valence-corrected chi connectivity index (χ2v) is 21.2. The molecule has 0 unspecified atom stereocenters. The van der Waals surface area contributed by atoms with E-state index >= 15 is 0 Å². The Balaban J connectivity index is 7.13. The molecule has 0 aromatic rings. The molecule has 0 aliphatic carbocycles. The first-order valence-corrected chi connectivity index (χ1v) is 22.3. The maximum Gasteiger partial charge on any atom is 0.478 e. The molecule has 0 aromatic heterocycles. The van der Waals surface area contributed by atoms with E-state index in [1.54, 1.807) is 0 Å². The van der Waals surface area contributed by atoms with Crippen molar-refractivity contribution in [3.05, 3.63) is 0 Å². The Morgan fingerprint density at radius 1 is 0.386 bits per heavy atom. The molecule has 0 N–H and O–H groups in total. The maximum absolute atomic E-state index is 14.7. The first-order chi connectivity index (χ1) is 20.2. The van der Waals surface area contributed by atoms with Gasteiger partial charge in [-0.3, -0.25) is 27.3 Å². The van der Waals surface area contributed by atoms with Crippen LogP contribution in [-0.2, 0) is 59.0 Å². The molecule has 0 saturated carbocycles. The molecule has 0 rings (SSSR count). The Morgan fingerprint density at radius 3 is 0.682 bits per heavy atom. The normalized spacial score (nSPS) is 14.4. The molecule has 0 radical (unpaired) electrons. The summed E-state index contributed by atoms with van der Waals surface area (Å²) in [4.78, 5) is 0. The molecule has 0 heterocycles. The molecular weight excluding hydrogens is 797 g/mol. The Labute approximate surface area is 290 Å². The van der Waals surface area contributed by atoms with Gasteiger partial charge in [-0.2, -0.15) is 0 Å². The highest BCUT2D eigenvalue weighted by atomic mass is 35.5. The summed E-state index contributed by atoms with van der Waals surface area (Å²) >= 11 is 34.4. The summed E-state index contributed by atoms with van der Waals surface area (Å²) in [7, 11) is -18.4. The Hall–Kier alpha value is 2.30. The van der Waals surface area contributed by atoms with Crippen LogP contribution in [0, 0.1) is 0 Å². The van der Waals surface area contributed by atoms with Gasteiger partial charge in [-0.25, -0.2) is 4.57 Å². The summed E-state index contributed by atoms with van der Waals surface area (Å²) in [5, 5.41) is -6.41. The van der Waals surface area contributed by atoms with Crippen molar-refractivity contribution >= 4 is 100 Å². The van der Waals surface area contributed by atoms with E-state index in [-0.39, 0.29) is 74.9 Å². The minimum atomic E-state index is -5.26. The van der Waals surface area contributed by atoms with E-state index in [4.69, 9.17) is 110 Å². The fourth-order valence-corrected chi connectivity index (χ4v) is 12.0. The van der Waals surface area contributed by atoms with Crippen molar-refractivity contribution in [2.75, 3.05) is 74.9 Å². The third-order valence-corrected chi connectivity index (χ3v) is 15.8. The van der Waals surface area contributed by atoms with Crippen LogP contribution in [0.5, 0.6) is 0 Å². The number of phosphoric ester groups is 1. The van der Waals surface area contributed by atoms with Gasteiger partial charge in [0.2, 0.25) is 0 Å². The maximum atomic E-state index is 14.7. The molecule has 266 valence electrons. The van der Waals surface area contributed by atoms with Crippen LogP contribution in [0.2, 0.25) is 0 Å². The first-order valence-electron chi connectivity index (χ1n) is 13.0. The summed E-state index contributed by atoms with van der Waals surface area (Å²) in [6.07, 6.45) is 0. The van der Waals surface area contributed by atoms with Crippen molar-refractivity contribution in [3.63, 3.8) is 0 Å². The van der Waals surface area contributed by atoms with E-state index < -0.39 is 46.6 Å². The lowest BCUT2D eigenvalue weighted by Gasteiger charge is -2.41. The number of halogens is 6. The monoisotopic (exact) mass is 836 g/mol. The molecule has 0 atom stereocenters. The number of hydrogen-bond acceptors (Lipinski definition) is 13. The van der Waals surface area contributed by atoms with Crippen molar-refractivity contribution in [1.82, 2.24) is 0 Å². The SMILES string of the molecule is CC(C)(OP(=O)(OC(C)(C)P(=O)(OCCCl)OCCCl)OC(C)(C)P(=O)(OCCCl)OCCCl)P(=O)(OCCCl)OCCCl. The van der Waals surface area contributed by atoms with E-state index in [1.807, 2.05) is 0 Å². The third kappa shape index (κ3) is 13.9. The quantitative estimate of drug-likeness (QED) is 0.0571. The van der Waals surface area contributed by atoms with Gasteiger partial charge in [0.15, 0.2) is 16.0 Å². The number of hydrogen-bond donors (Lipinski definition) is 0. The highest BCUT2D eigenvalue weighted by molar-refractivity contribution is 7.59. The predicted octanol–water partition coefficient (Wildman–Crippen LogP) is 9.46. The fourth-order valence-electron chi connectivity index (χ4n) is 3.00. The van der Waals surface area contributed by atoms with Crippen LogP contribution >= 0.6 is 100 Å². The Morgan fingerprint density at radius 2 is 0.545 bits per heavy atom. The highest BCUT2D eigenvalue weighted by Gasteiger charge is 2.59. The lowest BCUT2D eigenvalue weighted by molar-refractivity contribution is -0.00812. The van der Waals surface area contributed by atoms with Crippen molar-refractivity contribution in [2.24, 2.45) is 0 Å². The number of alkyl halides is 6. The predicted molar refractivity (Wildman–Crippen MR) is 176 cm³/mol. The highest BCUT2D eigenvalue weighted by Crippen LogP contribution is 2.75. The molecule has 0 aliphatic rings. The minimum absolute atomic E-state index is 0.0902. The van der Waals surface area contributed by atoms with Crippen LogP contribution in [0.15, 0.2) is 0 Å². The third-order valence-electron chi connectivity index (χ3n) is 5.01. The van der Waals surface area contributed by atoms with Gasteiger partial charge in [0.25, 0.3) is 0 Å². The average Bonchev–Trinajstić information content (AvgIpc) is 2.92. The van der Waals surface area contributed by atoms with Crippen LogP contribution in [0.4, 0.5) is 0 Å². The molecule has 0 bridgehead atoms. The van der Waals surface area contributed by atoms with E-state index in [0.29, 0.717) is 0 Å². The second kappa shape index (κ2) is 20.8. The molecule has 0 saturated heterocycles. The largest absolute Gasteiger partial charge is 0.478 e. The van der Waals surface area contributed by atoms with Crippen molar-refractivity contribution < 1.29 is 59.0 Å². The fraction of sp³-hybridized carbons (Fsp3) is 1.00. The summed E-state index contributed by atoms with van der Waals surface area (Å²) in [5.41, 5.74) is 0. The lowest BCUT2D eigenvalue weighted by atomic mass is 10.5. The van der Waals surface area contributed by atoms with Crippen molar-refractivity contribution in [2.45, 2.75) is 57.6 Å². The first kappa shape index (κ1) is 46.3. The summed E-state index contributed by atoms with van der Waals surface area (Å²) < 4.78 is 106. The van der Waals surface area contributed by atoms with E-state index in [9.17, 15) is 18.3 Å². The Bertz CT molecular complexity index is 877. The topological polar surface area (TPSA) is 151 Å². The van der Waals surface area contributed by atoms with E-state index in [2.05, 4.69) is 0 Å². The smallest absolute Gasteiger partial charge is 0.305 e. The van der Waals surface area contributed by atoms with Gasteiger partial charge < -0.3 is 27.1 Å². The van der Waals surface area contributed by atoms with Gasteiger partial charge in [-0.1, -0.05) is 0 Å². The van der Waals surface area contributed by atoms with Gasteiger partial charge in [0.05, 0.1) is 39.6 Å². The average molecular weight is 839 g/mol. The van der Waals surface area contributed by atoms with Crippen molar-refractivity contribution in [3.8, 4) is 0 Å². The zero-order chi connectivity index (χ0) is 34.3. The van der Waals surface area contributed by atoms with Crippen LogP contribution in [-0.4, -0.2) is 90.9 Å². The molecule has 13 nitrogen and oxygen atoms in total. The number of rotatable bonds is 27. The molecule has 0 amide bonds. The van der Waals surface area contributed by atoms with Gasteiger partial charge in [0, 0.05) is 35.3 Å². The van der Waals surface area contributed by atoms with E-state index in [1.165, 1.54) is 41.5 Å². The minimum Gasteiger partial charge on any atom is -0.305 e. The second-order valence-electron chi connectivity index (χ2n) is 9.69. The zero-order valence-electron chi connectivity index (χ0n) is 25.3. The molecule has 0 aliphatic heterocycles. The molecule has 44 heavy (non-hydrogen) atoms. The lowest BCUT2D eigenvalue weighted by Crippen LogP contribution is -2.35. The van der Waals surface area contributed by atoms with Crippen LogP contribution in [0.25, 0.3) is 0 Å². The summed E-state index contributed by atoms with van der Waals surface area (Å²) in [6.45, 7) is 5.64. The van der Waals surface area contributed by atoms with Gasteiger partial charge in [-0.15, -0.1) is 69.6 Å². The molecule has 0 aromatic carbocycles. The zero-order valence-corrected chi connectivity index (χ0v) is 33.5. The summed E-state index contributed by atoms with van der Waals surface area (Å²) in [6, 6.07) is 0. The van der Waals surface area contributed by atoms with E-state index in [0.717, 1.165) is 0 Å². The Kier molecular flexibility index (Phi) is 21.9. The molecule has 23 heteroatoms. The van der Waals surface area contributed by atoms with Crippen molar-refractivity contribution in [1.29, 1.82) is 0 Å². The van der Waals surface area contributed by atoms with Crippen LogP contribution in [0.1, 0.15) is 41.5 Å². The van der Waals surface area contributed by atoms with Gasteiger partial charge >= 0.3 is 30.6 Å². The van der Waals surface area contributed by atoms with Gasteiger partial charge in [-0.05, 0) is 41.5 Å². The number of phosphoric acid groups is 1. The standard InChI is InChI=1S/C21H42Cl6O13P4/c1-19(2,41(28,32-13-7-22)33-14-8-23)38-44(31,39-20(3,4)42(29,34-15-9-24)35-16-10-25)40-21(5,6)43(30,36-17-11-26)37-18-12-27/h7-18H2,1-6H3. The summed E-state index contributed by atoms with van der Waals surface area (Å²) in [5.74, 6) is -0.541. The molecule has 0 fully saturated rings. The molecule has 0 spiro atoms.